The van der Waals surface area contributed by atoms with Crippen molar-refractivity contribution in [2.45, 2.75) is 32.6 Å². The summed E-state index contributed by atoms with van der Waals surface area (Å²) in [6, 6.07) is 6.09. The summed E-state index contributed by atoms with van der Waals surface area (Å²) in [5.74, 6) is 0. The second kappa shape index (κ2) is 3.77. The maximum atomic E-state index is 12.4. The molecule has 0 aliphatic carbocycles. The first-order valence-electron chi connectivity index (χ1n) is 4.72. The molecule has 0 amide bonds. The van der Waals surface area contributed by atoms with Crippen molar-refractivity contribution in [3.05, 3.63) is 29.3 Å². The fourth-order valence-corrected chi connectivity index (χ4v) is 2.90. The summed E-state index contributed by atoms with van der Waals surface area (Å²) in [6.07, 6.45) is 1.82. The lowest BCUT2D eigenvalue weighted by Gasteiger charge is -2.11. The van der Waals surface area contributed by atoms with E-state index >= 15 is 0 Å². The molecule has 2 heteroatoms. The topological polar surface area (TPSA) is 17.1 Å². The fraction of sp³-hybridized carbons (Fsp3) is 0.417. The van der Waals surface area contributed by atoms with Crippen LogP contribution in [0.4, 0.5) is 0 Å². The molecule has 0 heterocycles. The van der Waals surface area contributed by atoms with Gasteiger partial charge in [0.05, 0.1) is 0 Å². The molecule has 0 saturated heterocycles. The summed E-state index contributed by atoms with van der Waals surface area (Å²) in [4.78, 5) is 1.97. The fourth-order valence-electron chi connectivity index (χ4n) is 1.46. The minimum Gasteiger partial charge on any atom is -0.263 e. The van der Waals surface area contributed by atoms with E-state index in [0.29, 0.717) is 0 Å². The molecule has 0 radical (unpaired) electrons. The molecule has 0 aliphatic heterocycles. The molecule has 0 fully saturated rings. The zero-order valence-electron chi connectivity index (χ0n) is 9.55. The second-order valence-electron chi connectivity index (χ2n) is 4.02. The van der Waals surface area contributed by atoms with Crippen molar-refractivity contribution in [3.63, 3.8) is 0 Å². The van der Waals surface area contributed by atoms with Crippen molar-refractivity contribution in [3.8, 4) is 0 Å². The van der Waals surface area contributed by atoms with Crippen molar-refractivity contribution < 1.29 is 4.21 Å². The molecular formula is C12H18OS. The average molecular weight is 210 g/mol. The molecule has 1 atom stereocenters. The maximum absolute atomic E-state index is 12.4. The van der Waals surface area contributed by atoms with E-state index in [1.54, 1.807) is 0 Å². The van der Waals surface area contributed by atoms with Crippen molar-refractivity contribution in [2.75, 3.05) is 6.26 Å². The van der Waals surface area contributed by atoms with E-state index in [1.807, 2.05) is 39.2 Å². The number of aryl methyl sites for hydroxylation is 2. The van der Waals surface area contributed by atoms with Gasteiger partial charge in [0.15, 0.2) is 0 Å². The normalized spacial score (nSPS) is 14.9. The highest BCUT2D eigenvalue weighted by molar-refractivity contribution is 8.01. The molecule has 1 aromatic rings. The van der Waals surface area contributed by atoms with Crippen LogP contribution in [0.1, 0.15) is 25.0 Å². The Labute approximate surface area is 87.2 Å². The monoisotopic (exact) mass is 210 g/mol. The Kier molecular flexibility index (Phi) is 3.05. The third kappa shape index (κ3) is 2.01. The molecule has 0 spiro atoms. The van der Waals surface area contributed by atoms with E-state index in [9.17, 15) is 4.21 Å². The molecule has 1 rings (SSSR count). The number of rotatable bonds is 1. The predicted molar refractivity (Wildman–Crippen MR) is 64.6 cm³/mol. The number of hydrogen-bond donors (Lipinski definition) is 0. The van der Waals surface area contributed by atoms with Crippen LogP contribution in [0, 0.1) is 13.8 Å². The molecule has 1 nitrogen and oxygen atoms in total. The lowest BCUT2D eigenvalue weighted by atomic mass is 10.2. The largest absolute Gasteiger partial charge is 0.263 e. The molecule has 0 bridgehead atoms. The molecule has 0 N–H and O–H groups in total. The molecular weight excluding hydrogens is 192 g/mol. The van der Waals surface area contributed by atoms with E-state index in [1.165, 1.54) is 5.56 Å². The van der Waals surface area contributed by atoms with Gasteiger partial charge in [-0.3, -0.25) is 4.21 Å². The SMILES string of the molecule is CC(C)=S(C)(=O)c1ccc(C)cc1C. The van der Waals surface area contributed by atoms with E-state index in [2.05, 4.69) is 13.0 Å². The minimum atomic E-state index is -1.96. The zero-order chi connectivity index (χ0) is 10.9. The molecule has 1 unspecified atom stereocenters. The number of benzene rings is 1. The molecule has 0 aromatic heterocycles. The highest BCUT2D eigenvalue weighted by Gasteiger charge is 2.09. The van der Waals surface area contributed by atoms with E-state index in [4.69, 9.17) is 0 Å². The summed E-state index contributed by atoms with van der Waals surface area (Å²) < 4.78 is 12.4. The van der Waals surface area contributed by atoms with Crippen LogP contribution in [0.25, 0.3) is 0 Å². The highest BCUT2D eigenvalue weighted by atomic mass is 32.2. The van der Waals surface area contributed by atoms with Gasteiger partial charge < -0.3 is 0 Å². The van der Waals surface area contributed by atoms with Gasteiger partial charge in [-0.1, -0.05) is 17.7 Å². The second-order valence-corrected chi connectivity index (χ2v) is 6.96. The molecule has 0 aliphatic rings. The van der Waals surface area contributed by atoms with Crippen molar-refractivity contribution >= 4 is 14.4 Å². The molecule has 78 valence electrons. The van der Waals surface area contributed by atoms with E-state index in [0.717, 1.165) is 15.3 Å². The molecule has 0 saturated carbocycles. The van der Waals surface area contributed by atoms with Crippen molar-refractivity contribution in [1.29, 1.82) is 0 Å². The first kappa shape index (κ1) is 11.3. The van der Waals surface area contributed by atoms with E-state index in [-0.39, 0.29) is 0 Å². The standard InChI is InChI=1S/C12H18OS/c1-9(2)14(5,13)12-7-6-10(3)8-11(12)4/h6-8H,1-5H3. The van der Waals surface area contributed by atoms with Crippen LogP contribution in [0.3, 0.4) is 0 Å². The Hall–Kier alpha value is -0.760. The van der Waals surface area contributed by atoms with Crippen molar-refractivity contribution in [2.24, 2.45) is 0 Å². The summed E-state index contributed by atoms with van der Waals surface area (Å²) in [5.41, 5.74) is 2.34. The van der Waals surface area contributed by atoms with E-state index < -0.39 is 9.52 Å². The Morgan fingerprint density at radius 2 is 1.79 bits per heavy atom. The molecule has 14 heavy (non-hydrogen) atoms. The third-order valence-corrected chi connectivity index (χ3v) is 5.38. The Bertz CT molecular complexity index is 459. The van der Waals surface area contributed by atoms with Crippen LogP contribution < -0.4 is 0 Å². The van der Waals surface area contributed by atoms with Gasteiger partial charge in [-0.25, -0.2) is 0 Å². The molecule has 1 aromatic carbocycles. The van der Waals surface area contributed by atoms with Gasteiger partial charge >= 0.3 is 0 Å². The maximum Gasteiger partial charge on any atom is 0.0336 e. The van der Waals surface area contributed by atoms with Gasteiger partial charge in [0.1, 0.15) is 0 Å². The van der Waals surface area contributed by atoms with Gasteiger partial charge in [0, 0.05) is 11.2 Å². The quantitative estimate of drug-likeness (QED) is 0.651. The van der Waals surface area contributed by atoms with Gasteiger partial charge in [-0.2, -0.15) is 0 Å². The first-order valence-corrected chi connectivity index (χ1v) is 6.69. The third-order valence-electron chi connectivity index (χ3n) is 2.53. The van der Waals surface area contributed by atoms with Crippen LogP contribution in [0.5, 0.6) is 0 Å². The van der Waals surface area contributed by atoms with Crippen LogP contribution in [-0.4, -0.2) is 15.3 Å². The zero-order valence-corrected chi connectivity index (χ0v) is 10.4. The van der Waals surface area contributed by atoms with Crippen LogP contribution in [-0.2, 0) is 9.52 Å². The summed E-state index contributed by atoms with van der Waals surface area (Å²) in [5, 5.41) is 0. The lowest BCUT2D eigenvalue weighted by Crippen LogP contribution is -2.08. The van der Waals surface area contributed by atoms with Gasteiger partial charge in [0.2, 0.25) is 0 Å². The van der Waals surface area contributed by atoms with Gasteiger partial charge in [0.25, 0.3) is 0 Å². The lowest BCUT2D eigenvalue weighted by molar-refractivity contribution is 0.684. The highest BCUT2D eigenvalue weighted by Crippen LogP contribution is 2.17. The minimum absolute atomic E-state index is 0.975. The summed E-state index contributed by atoms with van der Waals surface area (Å²) >= 11 is 0. The Morgan fingerprint density at radius 3 is 2.21 bits per heavy atom. The smallest absolute Gasteiger partial charge is 0.0336 e. The van der Waals surface area contributed by atoms with Crippen LogP contribution in [0.15, 0.2) is 23.1 Å². The average Bonchev–Trinajstić information content (AvgIpc) is 2.02. The first-order chi connectivity index (χ1) is 6.35. The predicted octanol–water partition coefficient (Wildman–Crippen LogP) is 2.79. The van der Waals surface area contributed by atoms with Gasteiger partial charge in [-0.05, 0) is 53.7 Å². The van der Waals surface area contributed by atoms with Crippen LogP contribution >= 0.6 is 0 Å². The van der Waals surface area contributed by atoms with Crippen molar-refractivity contribution in [1.82, 2.24) is 0 Å². The van der Waals surface area contributed by atoms with Gasteiger partial charge in [-0.15, -0.1) is 0 Å². The summed E-state index contributed by atoms with van der Waals surface area (Å²) in [7, 11) is -1.96. The Balaban J connectivity index is 3.51. The number of hydrogen-bond acceptors (Lipinski definition) is 1. The van der Waals surface area contributed by atoms with Crippen LogP contribution in [0.2, 0.25) is 0 Å². The Morgan fingerprint density at radius 1 is 1.21 bits per heavy atom. The summed E-state index contributed by atoms with van der Waals surface area (Å²) in [6.45, 7) is 7.94.